The van der Waals surface area contributed by atoms with Gasteiger partial charge in [0.05, 0.1) is 5.75 Å². The van der Waals surface area contributed by atoms with Crippen LogP contribution in [0.25, 0.3) is 0 Å². The SMILES string of the molecule is CC(C)(C)CCS(=O)(=O)N1CCC(CO)C1. The quantitative estimate of drug-likeness (QED) is 0.810. The van der Waals surface area contributed by atoms with E-state index in [-0.39, 0.29) is 23.7 Å². The molecule has 16 heavy (non-hydrogen) atoms. The van der Waals surface area contributed by atoms with Crippen LogP contribution in [0, 0.1) is 11.3 Å². The Balaban J connectivity index is 2.52. The van der Waals surface area contributed by atoms with Gasteiger partial charge in [-0.15, -0.1) is 0 Å². The highest BCUT2D eigenvalue weighted by Crippen LogP contribution is 2.23. The highest BCUT2D eigenvalue weighted by molar-refractivity contribution is 7.89. The second-order valence-corrected chi connectivity index (χ2v) is 7.91. The smallest absolute Gasteiger partial charge is 0.214 e. The van der Waals surface area contributed by atoms with Gasteiger partial charge >= 0.3 is 0 Å². The number of sulfonamides is 1. The van der Waals surface area contributed by atoms with Crippen LogP contribution >= 0.6 is 0 Å². The summed E-state index contributed by atoms with van der Waals surface area (Å²) >= 11 is 0. The van der Waals surface area contributed by atoms with E-state index in [2.05, 4.69) is 0 Å². The van der Waals surface area contributed by atoms with Gasteiger partial charge < -0.3 is 5.11 Å². The molecule has 1 rings (SSSR count). The standard InChI is InChI=1S/C11H23NO3S/c1-11(2,3)5-7-16(14,15)12-6-4-10(8-12)9-13/h10,13H,4-9H2,1-3H3. The monoisotopic (exact) mass is 249 g/mol. The van der Waals surface area contributed by atoms with Crippen molar-refractivity contribution >= 4 is 10.0 Å². The summed E-state index contributed by atoms with van der Waals surface area (Å²) in [4.78, 5) is 0. The minimum Gasteiger partial charge on any atom is -0.396 e. The van der Waals surface area contributed by atoms with Crippen molar-refractivity contribution in [1.29, 1.82) is 0 Å². The Labute approximate surface area is 98.7 Å². The fourth-order valence-electron chi connectivity index (χ4n) is 1.76. The molecular weight excluding hydrogens is 226 g/mol. The highest BCUT2D eigenvalue weighted by atomic mass is 32.2. The summed E-state index contributed by atoms with van der Waals surface area (Å²) in [6, 6.07) is 0. The van der Waals surface area contributed by atoms with Crippen LogP contribution in [0.3, 0.4) is 0 Å². The molecule has 0 saturated carbocycles. The van der Waals surface area contributed by atoms with Crippen molar-refractivity contribution < 1.29 is 13.5 Å². The molecule has 1 atom stereocenters. The van der Waals surface area contributed by atoms with E-state index in [4.69, 9.17) is 5.11 Å². The van der Waals surface area contributed by atoms with E-state index in [0.29, 0.717) is 19.5 Å². The van der Waals surface area contributed by atoms with Gasteiger partial charge in [0.1, 0.15) is 0 Å². The van der Waals surface area contributed by atoms with Crippen LogP contribution in [-0.2, 0) is 10.0 Å². The largest absolute Gasteiger partial charge is 0.396 e. The molecule has 1 aliphatic rings. The number of aliphatic hydroxyl groups excluding tert-OH is 1. The van der Waals surface area contributed by atoms with Gasteiger partial charge in [0.15, 0.2) is 0 Å². The van der Waals surface area contributed by atoms with E-state index < -0.39 is 10.0 Å². The lowest BCUT2D eigenvalue weighted by molar-refractivity contribution is 0.233. The predicted molar refractivity (Wildman–Crippen MR) is 64.6 cm³/mol. The first-order chi connectivity index (χ1) is 7.24. The van der Waals surface area contributed by atoms with E-state index in [1.54, 1.807) is 0 Å². The van der Waals surface area contributed by atoms with Crippen molar-refractivity contribution in [3.63, 3.8) is 0 Å². The zero-order valence-corrected chi connectivity index (χ0v) is 11.3. The van der Waals surface area contributed by atoms with Crippen molar-refractivity contribution in [1.82, 2.24) is 4.31 Å². The number of aliphatic hydroxyl groups is 1. The number of hydrogen-bond donors (Lipinski definition) is 1. The maximum Gasteiger partial charge on any atom is 0.214 e. The highest BCUT2D eigenvalue weighted by Gasteiger charge is 2.31. The number of rotatable bonds is 4. The molecule has 0 amide bonds. The fourth-order valence-corrected chi connectivity index (χ4v) is 3.71. The van der Waals surface area contributed by atoms with Crippen LogP contribution < -0.4 is 0 Å². The lowest BCUT2D eigenvalue weighted by Gasteiger charge is -2.21. The third-order valence-electron chi connectivity index (χ3n) is 3.01. The molecule has 1 saturated heterocycles. The lowest BCUT2D eigenvalue weighted by atomic mass is 9.94. The summed E-state index contributed by atoms with van der Waals surface area (Å²) in [5, 5.41) is 8.99. The van der Waals surface area contributed by atoms with Gasteiger partial charge in [-0.2, -0.15) is 0 Å². The van der Waals surface area contributed by atoms with Gasteiger partial charge in [0, 0.05) is 19.7 Å². The van der Waals surface area contributed by atoms with Crippen LogP contribution in [-0.4, -0.2) is 43.3 Å². The molecule has 0 bridgehead atoms. The van der Waals surface area contributed by atoms with Crippen molar-refractivity contribution in [2.24, 2.45) is 11.3 Å². The molecule has 1 N–H and O–H groups in total. The molecule has 0 radical (unpaired) electrons. The van der Waals surface area contributed by atoms with Gasteiger partial charge in [0.25, 0.3) is 0 Å². The van der Waals surface area contributed by atoms with Crippen molar-refractivity contribution in [2.75, 3.05) is 25.4 Å². The first kappa shape index (κ1) is 13.9. The van der Waals surface area contributed by atoms with Crippen LogP contribution in [0.5, 0.6) is 0 Å². The Hall–Kier alpha value is -0.130. The fraction of sp³-hybridized carbons (Fsp3) is 1.00. The third-order valence-corrected chi connectivity index (χ3v) is 4.85. The van der Waals surface area contributed by atoms with Crippen LogP contribution in [0.1, 0.15) is 33.6 Å². The third kappa shape index (κ3) is 4.03. The Bertz CT molecular complexity index is 319. The first-order valence-corrected chi connectivity index (χ1v) is 7.44. The average Bonchev–Trinajstić information content (AvgIpc) is 2.62. The second kappa shape index (κ2) is 5.02. The minimum absolute atomic E-state index is 0.0448. The molecule has 0 aromatic carbocycles. The Morgan fingerprint density at radius 2 is 2.00 bits per heavy atom. The predicted octanol–water partition coefficient (Wildman–Crippen LogP) is 1.07. The maximum absolute atomic E-state index is 12.0. The second-order valence-electron chi connectivity index (χ2n) is 5.82. The van der Waals surface area contributed by atoms with Gasteiger partial charge in [-0.3, -0.25) is 0 Å². The Morgan fingerprint density at radius 1 is 1.38 bits per heavy atom. The molecule has 4 nitrogen and oxygen atoms in total. The molecule has 96 valence electrons. The maximum atomic E-state index is 12.0. The molecule has 0 aromatic heterocycles. The summed E-state index contributed by atoms with van der Waals surface area (Å²) in [7, 11) is -3.11. The Morgan fingerprint density at radius 3 is 2.44 bits per heavy atom. The molecule has 0 aliphatic carbocycles. The van der Waals surface area contributed by atoms with E-state index in [9.17, 15) is 8.42 Å². The minimum atomic E-state index is -3.11. The molecule has 1 fully saturated rings. The molecule has 5 heteroatoms. The van der Waals surface area contributed by atoms with Crippen molar-refractivity contribution in [3.8, 4) is 0 Å². The summed E-state index contributed by atoms with van der Waals surface area (Å²) < 4.78 is 25.5. The zero-order chi connectivity index (χ0) is 12.4. The Kier molecular flexibility index (Phi) is 4.37. The molecule has 1 unspecified atom stereocenters. The first-order valence-electron chi connectivity index (χ1n) is 5.83. The molecule has 1 heterocycles. The van der Waals surface area contributed by atoms with Gasteiger partial charge in [-0.25, -0.2) is 12.7 Å². The van der Waals surface area contributed by atoms with Crippen LogP contribution in [0.4, 0.5) is 0 Å². The number of nitrogens with zero attached hydrogens (tertiary/aromatic N) is 1. The van der Waals surface area contributed by atoms with E-state index in [1.165, 1.54) is 4.31 Å². The molecule has 1 aliphatic heterocycles. The van der Waals surface area contributed by atoms with E-state index in [1.807, 2.05) is 20.8 Å². The molecule has 0 aromatic rings. The number of hydrogen-bond acceptors (Lipinski definition) is 3. The lowest BCUT2D eigenvalue weighted by Crippen LogP contribution is -2.32. The summed E-state index contributed by atoms with van der Waals surface area (Å²) in [6.07, 6.45) is 1.46. The normalized spacial score (nSPS) is 23.9. The van der Waals surface area contributed by atoms with Gasteiger partial charge in [-0.05, 0) is 24.2 Å². The average molecular weight is 249 g/mol. The summed E-state index contributed by atoms with van der Waals surface area (Å²) in [5.41, 5.74) is 0.0448. The molecule has 0 spiro atoms. The zero-order valence-electron chi connectivity index (χ0n) is 10.4. The topological polar surface area (TPSA) is 57.6 Å². The van der Waals surface area contributed by atoms with Crippen LogP contribution in [0.15, 0.2) is 0 Å². The summed E-state index contributed by atoms with van der Waals surface area (Å²) in [5.74, 6) is 0.346. The molecular formula is C11H23NO3S. The van der Waals surface area contributed by atoms with Crippen molar-refractivity contribution in [2.45, 2.75) is 33.6 Å². The van der Waals surface area contributed by atoms with Gasteiger partial charge in [0.2, 0.25) is 10.0 Å². The van der Waals surface area contributed by atoms with E-state index >= 15 is 0 Å². The van der Waals surface area contributed by atoms with Crippen molar-refractivity contribution in [3.05, 3.63) is 0 Å². The summed E-state index contributed by atoms with van der Waals surface area (Å²) in [6.45, 7) is 7.28. The van der Waals surface area contributed by atoms with E-state index in [0.717, 1.165) is 6.42 Å². The van der Waals surface area contributed by atoms with Gasteiger partial charge in [-0.1, -0.05) is 20.8 Å². The van der Waals surface area contributed by atoms with Crippen LogP contribution in [0.2, 0.25) is 0 Å².